The van der Waals surface area contributed by atoms with Gasteiger partial charge in [0, 0.05) is 14.1 Å². The van der Waals surface area contributed by atoms with Crippen LogP contribution < -0.4 is 5.01 Å². The van der Waals surface area contributed by atoms with Gasteiger partial charge in [0.15, 0.2) is 0 Å². The third-order valence-corrected chi connectivity index (χ3v) is 2.02. The maximum Gasteiger partial charge on any atom is 0.428 e. The lowest BCUT2D eigenvalue weighted by atomic mass is 10.3. The van der Waals surface area contributed by atoms with Crippen LogP contribution in [0.25, 0.3) is 0 Å². The third kappa shape index (κ3) is 2.16. The number of methoxy groups -OCH3 is 1. The van der Waals surface area contributed by atoms with Crippen molar-refractivity contribution in [3.8, 4) is 0 Å². The van der Waals surface area contributed by atoms with E-state index in [4.69, 9.17) is 0 Å². The van der Waals surface area contributed by atoms with Crippen molar-refractivity contribution in [3.05, 3.63) is 30.3 Å². The van der Waals surface area contributed by atoms with Crippen LogP contribution in [0.4, 0.5) is 10.5 Å². The van der Waals surface area contributed by atoms with Gasteiger partial charge in [-0.05, 0) is 12.1 Å². The lowest BCUT2D eigenvalue weighted by molar-refractivity contribution is 0.131. The number of anilines is 1. The summed E-state index contributed by atoms with van der Waals surface area (Å²) in [6.45, 7) is 0. The average molecular weight is 194 g/mol. The highest BCUT2D eigenvalue weighted by molar-refractivity contribution is 5.69. The highest BCUT2D eigenvalue weighted by atomic mass is 16.5. The molecule has 14 heavy (non-hydrogen) atoms. The molecule has 4 heteroatoms. The lowest BCUT2D eigenvalue weighted by Gasteiger charge is -2.28. The van der Waals surface area contributed by atoms with Gasteiger partial charge in [0.1, 0.15) is 0 Å². The van der Waals surface area contributed by atoms with Gasteiger partial charge in [0.2, 0.25) is 0 Å². The Labute approximate surface area is 83.7 Å². The first-order valence-electron chi connectivity index (χ1n) is 4.27. The summed E-state index contributed by atoms with van der Waals surface area (Å²) in [5.74, 6) is 0. The molecule has 0 fully saturated rings. The Bertz CT molecular complexity index is 300. The summed E-state index contributed by atoms with van der Waals surface area (Å²) in [4.78, 5) is 11.2. The molecule has 0 aromatic heterocycles. The Kier molecular flexibility index (Phi) is 3.34. The van der Waals surface area contributed by atoms with E-state index in [0.717, 1.165) is 5.69 Å². The Morgan fingerprint density at radius 3 is 2.29 bits per heavy atom. The molecule has 1 aromatic carbocycles. The van der Waals surface area contributed by atoms with Gasteiger partial charge in [-0.25, -0.2) is 9.80 Å². The molecule has 1 rings (SSSR count). The van der Waals surface area contributed by atoms with Crippen molar-refractivity contribution in [1.82, 2.24) is 5.01 Å². The summed E-state index contributed by atoms with van der Waals surface area (Å²) < 4.78 is 4.60. The van der Waals surface area contributed by atoms with Gasteiger partial charge in [0.05, 0.1) is 12.8 Å². The first-order chi connectivity index (χ1) is 6.66. The normalized spacial score (nSPS) is 9.36. The number of para-hydroxylation sites is 1. The number of carbonyl (C=O) groups is 1. The number of nitrogens with zero attached hydrogens (tertiary/aromatic N) is 2. The molecule has 1 aromatic rings. The smallest absolute Gasteiger partial charge is 0.428 e. The second kappa shape index (κ2) is 4.50. The van der Waals surface area contributed by atoms with E-state index in [-0.39, 0.29) is 0 Å². The summed E-state index contributed by atoms with van der Waals surface area (Å²) in [6.07, 6.45) is -0.392. The van der Waals surface area contributed by atoms with E-state index in [9.17, 15) is 4.79 Å². The highest BCUT2D eigenvalue weighted by Gasteiger charge is 2.13. The summed E-state index contributed by atoms with van der Waals surface area (Å²) in [5.41, 5.74) is 0.931. The molecule has 0 spiro atoms. The predicted octanol–water partition coefficient (Wildman–Crippen LogP) is 1.74. The quantitative estimate of drug-likeness (QED) is 0.672. The van der Waals surface area contributed by atoms with Gasteiger partial charge in [0.25, 0.3) is 0 Å². The van der Waals surface area contributed by atoms with E-state index in [1.54, 1.807) is 19.1 Å². The number of hydrogen-bond donors (Lipinski definition) is 0. The number of ether oxygens (including phenoxy) is 1. The maximum absolute atomic E-state index is 11.2. The van der Waals surface area contributed by atoms with Crippen LogP contribution in [0.3, 0.4) is 0 Å². The molecule has 0 atom stereocenters. The number of amides is 1. The number of hydrogen-bond acceptors (Lipinski definition) is 3. The SMILES string of the molecule is COC(=O)N(C)N(C)c1ccccc1. The minimum atomic E-state index is -0.392. The summed E-state index contributed by atoms with van der Waals surface area (Å²) >= 11 is 0. The second-order valence-electron chi connectivity index (χ2n) is 2.85. The Morgan fingerprint density at radius 2 is 1.79 bits per heavy atom. The van der Waals surface area contributed by atoms with Gasteiger partial charge in [-0.2, -0.15) is 0 Å². The molecule has 4 nitrogen and oxygen atoms in total. The van der Waals surface area contributed by atoms with Crippen molar-refractivity contribution in [3.63, 3.8) is 0 Å². The molecule has 0 N–H and O–H groups in total. The van der Waals surface area contributed by atoms with Gasteiger partial charge in [-0.3, -0.25) is 5.01 Å². The fraction of sp³-hybridized carbons (Fsp3) is 0.300. The van der Waals surface area contributed by atoms with Crippen LogP contribution in [-0.2, 0) is 4.74 Å². The minimum Gasteiger partial charge on any atom is -0.452 e. The van der Waals surface area contributed by atoms with E-state index in [1.807, 2.05) is 30.3 Å². The van der Waals surface area contributed by atoms with Crippen LogP contribution in [-0.4, -0.2) is 32.3 Å². The molecule has 0 heterocycles. The van der Waals surface area contributed by atoms with E-state index >= 15 is 0 Å². The Balaban J connectivity index is 2.75. The fourth-order valence-corrected chi connectivity index (χ4v) is 1.07. The fourth-order valence-electron chi connectivity index (χ4n) is 1.07. The number of hydrazine groups is 1. The molecule has 0 saturated heterocycles. The first kappa shape index (κ1) is 10.4. The van der Waals surface area contributed by atoms with E-state index in [0.29, 0.717) is 0 Å². The van der Waals surface area contributed by atoms with Crippen LogP contribution in [0.15, 0.2) is 30.3 Å². The zero-order chi connectivity index (χ0) is 10.6. The topological polar surface area (TPSA) is 32.8 Å². The lowest BCUT2D eigenvalue weighted by Crippen LogP contribution is -2.41. The average Bonchev–Trinajstić information content (AvgIpc) is 2.27. The van der Waals surface area contributed by atoms with Gasteiger partial charge in [-0.1, -0.05) is 18.2 Å². The summed E-state index contributed by atoms with van der Waals surface area (Å²) in [6, 6.07) is 9.59. The van der Waals surface area contributed by atoms with Gasteiger partial charge >= 0.3 is 6.09 Å². The van der Waals surface area contributed by atoms with Gasteiger partial charge in [-0.15, -0.1) is 0 Å². The summed E-state index contributed by atoms with van der Waals surface area (Å²) in [7, 11) is 4.81. The highest BCUT2D eigenvalue weighted by Crippen LogP contribution is 2.12. The van der Waals surface area contributed by atoms with E-state index in [2.05, 4.69) is 4.74 Å². The van der Waals surface area contributed by atoms with Crippen molar-refractivity contribution in [2.45, 2.75) is 0 Å². The molecule has 76 valence electrons. The molecule has 0 aliphatic rings. The predicted molar refractivity (Wildman–Crippen MR) is 55.0 cm³/mol. The zero-order valence-corrected chi connectivity index (χ0v) is 8.60. The number of rotatable bonds is 2. The van der Waals surface area contributed by atoms with E-state index < -0.39 is 6.09 Å². The maximum atomic E-state index is 11.2. The monoisotopic (exact) mass is 194 g/mol. The zero-order valence-electron chi connectivity index (χ0n) is 8.60. The van der Waals surface area contributed by atoms with Gasteiger partial charge < -0.3 is 4.74 Å². The molecule has 0 aliphatic heterocycles. The van der Waals surface area contributed by atoms with Crippen molar-refractivity contribution in [2.75, 3.05) is 26.2 Å². The Hall–Kier alpha value is -1.71. The Morgan fingerprint density at radius 1 is 1.21 bits per heavy atom. The molecule has 0 bridgehead atoms. The number of carbonyl (C=O) groups excluding carboxylic acids is 1. The molecule has 0 saturated carbocycles. The van der Waals surface area contributed by atoms with Crippen LogP contribution in [0.5, 0.6) is 0 Å². The van der Waals surface area contributed by atoms with E-state index in [1.165, 1.54) is 12.1 Å². The molecule has 0 unspecified atom stereocenters. The largest absolute Gasteiger partial charge is 0.452 e. The van der Waals surface area contributed by atoms with Crippen LogP contribution >= 0.6 is 0 Å². The van der Waals surface area contributed by atoms with Crippen LogP contribution in [0.1, 0.15) is 0 Å². The molecule has 0 radical (unpaired) electrons. The molecular weight excluding hydrogens is 180 g/mol. The van der Waals surface area contributed by atoms with Crippen molar-refractivity contribution in [1.29, 1.82) is 0 Å². The minimum absolute atomic E-state index is 0.392. The molecular formula is C10H14N2O2. The molecule has 0 aliphatic carbocycles. The van der Waals surface area contributed by atoms with Crippen LogP contribution in [0.2, 0.25) is 0 Å². The van der Waals surface area contributed by atoms with Crippen molar-refractivity contribution < 1.29 is 9.53 Å². The third-order valence-electron chi connectivity index (χ3n) is 2.02. The van der Waals surface area contributed by atoms with Crippen molar-refractivity contribution >= 4 is 11.8 Å². The van der Waals surface area contributed by atoms with Crippen LogP contribution in [0, 0.1) is 0 Å². The standard InChI is InChI=1S/C10H14N2O2/c1-11(12(2)10(13)14-3)9-7-5-4-6-8-9/h4-8H,1-3H3. The molecule has 1 amide bonds. The second-order valence-corrected chi connectivity index (χ2v) is 2.85. The first-order valence-corrected chi connectivity index (χ1v) is 4.27. The summed E-state index contributed by atoms with van der Waals surface area (Å²) in [5, 5.41) is 3.11. The van der Waals surface area contributed by atoms with Crippen molar-refractivity contribution in [2.24, 2.45) is 0 Å². The number of benzene rings is 1.